The first-order valence-corrected chi connectivity index (χ1v) is 3.87. The number of rotatable bonds is 1. The molecule has 80 valence electrons. The van der Waals surface area contributed by atoms with Crippen molar-refractivity contribution in [2.45, 2.75) is 12.3 Å². The van der Waals surface area contributed by atoms with Crippen LogP contribution in [0.1, 0.15) is 17.2 Å². The summed E-state index contributed by atoms with van der Waals surface area (Å²) in [7, 11) is 0. The van der Waals surface area contributed by atoms with E-state index in [4.69, 9.17) is 11.5 Å². The Kier molecular flexibility index (Phi) is 3.01. The Labute approximate surface area is 83.3 Å². The van der Waals surface area contributed by atoms with Crippen LogP contribution in [0.2, 0.25) is 0 Å². The Morgan fingerprint density at radius 2 is 1.93 bits per heavy atom. The van der Waals surface area contributed by atoms with Gasteiger partial charge in [0.15, 0.2) is 0 Å². The maximum Gasteiger partial charge on any atom is 0.416 e. The van der Waals surface area contributed by atoms with Crippen LogP contribution in [0.3, 0.4) is 0 Å². The molecule has 0 saturated heterocycles. The minimum absolute atomic E-state index is 0.301. The van der Waals surface area contributed by atoms with Gasteiger partial charge in [-0.15, -0.1) is 6.42 Å². The molecule has 0 bridgehead atoms. The van der Waals surface area contributed by atoms with E-state index in [1.165, 1.54) is 0 Å². The predicted octanol–water partition coefficient (Wildman–Crippen LogP) is 2.51. The van der Waals surface area contributed by atoms with Crippen LogP contribution in [0, 0.1) is 18.2 Å². The topological polar surface area (TPSA) is 20.2 Å². The Morgan fingerprint density at radius 3 is 2.40 bits per heavy atom. The SMILES string of the molecule is C#CC(O)c1ccc(F)cc1C(F)(F)F. The van der Waals surface area contributed by atoms with Gasteiger partial charge >= 0.3 is 6.18 Å². The van der Waals surface area contributed by atoms with Gasteiger partial charge in [0.25, 0.3) is 0 Å². The summed E-state index contributed by atoms with van der Waals surface area (Å²) in [5, 5.41) is 9.11. The van der Waals surface area contributed by atoms with Crippen molar-refractivity contribution >= 4 is 0 Å². The molecule has 0 radical (unpaired) electrons. The second kappa shape index (κ2) is 3.91. The van der Waals surface area contributed by atoms with Crippen LogP contribution in [0.5, 0.6) is 0 Å². The molecule has 0 aliphatic heterocycles. The Bertz CT molecular complexity index is 403. The van der Waals surface area contributed by atoms with Gasteiger partial charge in [-0.25, -0.2) is 4.39 Å². The van der Waals surface area contributed by atoms with E-state index in [-0.39, 0.29) is 0 Å². The molecule has 0 aromatic heterocycles. The first-order valence-electron chi connectivity index (χ1n) is 3.87. The average molecular weight is 218 g/mol. The molecule has 0 heterocycles. The lowest BCUT2D eigenvalue weighted by Gasteiger charge is -2.13. The predicted molar refractivity (Wildman–Crippen MR) is 45.2 cm³/mol. The summed E-state index contributed by atoms with van der Waals surface area (Å²) in [5.41, 5.74) is -1.78. The molecule has 1 rings (SSSR count). The second-order valence-corrected chi connectivity index (χ2v) is 2.80. The molecule has 5 heteroatoms. The van der Waals surface area contributed by atoms with Crippen molar-refractivity contribution in [3.63, 3.8) is 0 Å². The largest absolute Gasteiger partial charge is 0.416 e. The summed E-state index contributed by atoms with van der Waals surface area (Å²) >= 11 is 0. The summed E-state index contributed by atoms with van der Waals surface area (Å²) in [6.07, 6.45) is -1.64. The zero-order valence-electron chi connectivity index (χ0n) is 7.35. The van der Waals surface area contributed by atoms with E-state index in [1.807, 2.05) is 0 Å². The van der Waals surface area contributed by atoms with Crippen molar-refractivity contribution < 1.29 is 22.7 Å². The molecular weight excluding hydrogens is 212 g/mol. The van der Waals surface area contributed by atoms with Crippen LogP contribution >= 0.6 is 0 Å². The van der Waals surface area contributed by atoms with Gasteiger partial charge in [0.1, 0.15) is 11.9 Å². The van der Waals surface area contributed by atoms with E-state index in [0.29, 0.717) is 6.07 Å². The molecule has 1 N–H and O–H groups in total. The third-order valence-corrected chi connectivity index (χ3v) is 1.77. The van der Waals surface area contributed by atoms with Gasteiger partial charge in [0, 0.05) is 5.56 Å². The van der Waals surface area contributed by atoms with E-state index >= 15 is 0 Å². The zero-order valence-corrected chi connectivity index (χ0v) is 7.35. The van der Waals surface area contributed by atoms with Crippen molar-refractivity contribution in [1.29, 1.82) is 0 Å². The van der Waals surface area contributed by atoms with Gasteiger partial charge in [-0.3, -0.25) is 0 Å². The smallest absolute Gasteiger partial charge is 0.376 e. The quantitative estimate of drug-likeness (QED) is 0.567. The summed E-state index contributed by atoms with van der Waals surface area (Å²) in [5.74, 6) is 0.714. The standard InChI is InChI=1S/C10H6F4O/c1-2-9(15)7-4-3-6(11)5-8(7)10(12,13)14/h1,3-5,9,15H. The number of halogens is 4. The monoisotopic (exact) mass is 218 g/mol. The minimum Gasteiger partial charge on any atom is -0.376 e. The maximum absolute atomic E-state index is 12.6. The Morgan fingerprint density at radius 1 is 1.33 bits per heavy atom. The third-order valence-electron chi connectivity index (χ3n) is 1.77. The van der Waals surface area contributed by atoms with Crippen LogP contribution in [0.15, 0.2) is 18.2 Å². The maximum atomic E-state index is 12.6. The van der Waals surface area contributed by atoms with E-state index in [1.54, 1.807) is 5.92 Å². The van der Waals surface area contributed by atoms with E-state index in [9.17, 15) is 17.6 Å². The van der Waals surface area contributed by atoms with Crippen LogP contribution in [0.25, 0.3) is 0 Å². The van der Waals surface area contributed by atoms with Gasteiger partial charge in [-0.1, -0.05) is 12.0 Å². The molecule has 1 nitrogen and oxygen atoms in total. The van der Waals surface area contributed by atoms with Crippen LogP contribution < -0.4 is 0 Å². The molecule has 1 atom stereocenters. The first kappa shape index (κ1) is 11.5. The van der Waals surface area contributed by atoms with Crippen LogP contribution in [-0.2, 0) is 6.18 Å². The highest BCUT2D eigenvalue weighted by Gasteiger charge is 2.35. The Balaban J connectivity index is 3.35. The fourth-order valence-electron chi connectivity index (χ4n) is 1.10. The van der Waals surface area contributed by atoms with Gasteiger partial charge < -0.3 is 5.11 Å². The lowest BCUT2D eigenvalue weighted by Crippen LogP contribution is -2.11. The lowest BCUT2D eigenvalue weighted by molar-refractivity contribution is -0.139. The van der Waals surface area contributed by atoms with E-state index < -0.39 is 29.2 Å². The lowest BCUT2D eigenvalue weighted by atomic mass is 10.0. The number of aliphatic hydroxyl groups is 1. The molecule has 0 spiro atoms. The molecule has 15 heavy (non-hydrogen) atoms. The molecule has 0 amide bonds. The molecule has 0 aliphatic rings. The van der Waals surface area contributed by atoms with Crippen molar-refractivity contribution in [2.75, 3.05) is 0 Å². The second-order valence-electron chi connectivity index (χ2n) is 2.80. The number of terminal acetylenes is 1. The average Bonchev–Trinajstić information content (AvgIpc) is 2.15. The molecular formula is C10H6F4O. The highest BCUT2D eigenvalue weighted by molar-refractivity contribution is 5.35. The van der Waals surface area contributed by atoms with Crippen molar-refractivity contribution in [3.8, 4) is 12.3 Å². The van der Waals surface area contributed by atoms with Crippen LogP contribution in [-0.4, -0.2) is 5.11 Å². The van der Waals surface area contributed by atoms with Crippen molar-refractivity contribution in [1.82, 2.24) is 0 Å². The molecule has 0 fully saturated rings. The molecule has 0 saturated carbocycles. The molecule has 1 aromatic carbocycles. The molecule has 1 unspecified atom stereocenters. The summed E-state index contributed by atoms with van der Waals surface area (Å²) in [6, 6.07) is 1.93. The number of aliphatic hydroxyl groups excluding tert-OH is 1. The van der Waals surface area contributed by atoms with Gasteiger partial charge in [0.2, 0.25) is 0 Å². The normalized spacial score (nSPS) is 13.3. The third kappa shape index (κ3) is 2.48. The number of alkyl halides is 3. The van der Waals surface area contributed by atoms with E-state index in [0.717, 1.165) is 12.1 Å². The fraction of sp³-hybridized carbons (Fsp3) is 0.200. The highest BCUT2D eigenvalue weighted by Crippen LogP contribution is 2.34. The number of benzene rings is 1. The van der Waals surface area contributed by atoms with Crippen molar-refractivity contribution in [3.05, 3.63) is 35.1 Å². The number of hydrogen-bond acceptors (Lipinski definition) is 1. The van der Waals surface area contributed by atoms with Crippen LogP contribution in [0.4, 0.5) is 17.6 Å². The number of hydrogen-bond donors (Lipinski definition) is 1. The highest BCUT2D eigenvalue weighted by atomic mass is 19.4. The van der Waals surface area contributed by atoms with E-state index in [2.05, 4.69) is 0 Å². The first-order chi connectivity index (χ1) is 6.86. The summed E-state index contributed by atoms with van der Waals surface area (Å²) in [4.78, 5) is 0. The van der Waals surface area contributed by atoms with Gasteiger partial charge in [-0.05, 0) is 12.1 Å². The summed E-state index contributed by atoms with van der Waals surface area (Å²) in [6.45, 7) is 0. The zero-order chi connectivity index (χ0) is 11.6. The minimum atomic E-state index is -4.74. The fourth-order valence-corrected chi connectivity index (χ4v) is 1.10. The van der Waals surface area contributed by atoms with Crippen molar-refractivity contribution in [2.24, 2.45) is 0 Å². The van der Waals surface area contributed by atoms with Gasteiger partial charge in [0.05, 0.1) is 5.56 Å². The van der Waals surface area contributed by atoms with Gasteiger partial charge in [-0.2, -0.15) is 13.2 Å². The molecule has 1 aromatic rings. The summed E-state index contributed by atoms with van der Waals surface area (Å²) < 4.78 is 49.7. The molecule has 0 aliphatic carbocycles. The Hall–Kier alpha value is -1.54.